The molecule has 100 valence electrons. The van der Waals surface area contributed by atoms with E-state index in [0.29, 0.717) is 17.6 Å². The number of sulfonamides is 1. The maximum Gasteiger partial charge on any atom is 0.244 e. The molecule has 0 aromatic heterocycles. The zero-order chi connectivity index (χ0) is 13.9. The molecule has 0 saturated heterocycles. The smallest absolute Gasteiger partial charge is 0.244 e. The molecule has 0 aliphatic carbocycles. The number of benzene rings is 1. The van der Waals surface area contributed by atoms with Crippen LogP contribution >= 0.6 is 15.9 Å². The van der Waals surface area contributed by atoms with E-state index in [4.69, 9.17) is 5.73 Å². The summed E-state index contributed by atoms with van der Waals surface area (Å²) in [5.41, 5.74) is 7.09. The van der Waals surface area contributed by atoms with Gasteiger partial charge in [0.15, 0.2) is 0 Å². The first-order valence-electron chi connectivity index (χ1n) is 5.38. The van der Waals surface area contributed by atoms with Gasteiger partial charge in [-0.2, -0.15) is 4.31 Å². The predicted molar refractivity (Wildman–Crippen MR) is 76.7 cm³/mol. The molecular weight excluding hydrogens is 316 g/mol. The van der Waals surface area contributed by atoms with E-state index in [1.807, 2.05) is 0 Å². The first-order chi connectivity index (χ1) is 8.28. The van der Waals surface area contributed by atoms with Crippen LogP contribution in [-0.2, 0) is 16.6 Å². The van der Waals surface area contributed by atoms with Crippen LogP contribution in [0.3, 0.4) is 0 Å². The van der Waals surface area contributed by atoms with Crippen molar-refractivity contribution >= 4 is 26.0 Å². The molecule has 4 nitrogen and oxygen atoms in total. The molecule has 0 saturated carbocycles. The van der Waals surface area contributed by atoms with Gasteiger partial charge >= 0.3 is 0 Å². The summed E-state index contributed by atoms with van der Waals surface area (Å²) in [7, 11) is -1.99. The SMILES string of the molecule is C=C(C)CN(C)S(=O)(=O)c1cc(CN)ccc1Br. The number of halogens is 1. The highest BCUT2D eigenvalue weighted by molar-refractivity contribution is 9.10. The number of nitrogens with two attached hydrogens (primary N) is 1. The summed E-state index contributed by atoms with van der Waals surface area (Å²) in [6.45, 7) is 6.11. The molecule has 18 heavy (non-hydrogen) atoms. The summed E-state index contributed by atoms with van der Waals surface area (Å²) in [5, 5.41) is 0. The summed E-state index contributed by atoms with van der Waals surface area (Å²) >= 11 is 3.26. The maximum absolute atomic E-state index is 12.4. The second-order valence-electron chi connectivity index (χ2n) is 4.19. The first kappa shape index (κ1) is 15.4. The van der Waals surface area contributed by atoms with E-state index < -0.39 is 10.0 Å². The van der Waals surface area contributed by atoms with E-state index in [0.717, 1.165) is 11.1 Å². The Morgan fingerprint density at radius 3 is 2.61 bits per heavy atom. The summed E-state index contributed by atoms with van der Waals surface area (Å²) in [6, 6.07) is 5.08. The lowest BCUT2D eigenvalue weighted by Gasteiger charge is -2.18. The largest absolute Gasteiger partial charge is 0.326 e. The molecule has 2 N–H and O–H groups in total. The molecule has 0 unspecified atom stereocenters. The molecule has 0 amide bonds. The molecule has 0 fully saturated rings. The number of hydrogen-bond acceptors (Lipinski definition) is 3. The highest BCUT2D eigenvalue weighted by atomic mass is 79.9. The van der Waals surface area contributed by atoms with E-state index in [-0.39, 0.29) is 4.90 Å². The van der Waals surface area contributed by atoms with Crippen LogP contribution in [0.4, 0.5) is 0 Å². The van der Waals surface area contributed by atoms with Crippen molar-refractivity contribution in [2.24, 2.45) is 5.73 Å². The van der Waals surface area contributed by atoms with Crippen molar-refractivity contribution in [1.29, 1.82) is 0 Å². The fourth-order valence-electron chi connectivity index (χ4n) is 1.51. The fourth-order valence-corrected chi connectivity index (χ4v) is 3.71. The number of rotatable bonds is 5. The summed E-state index contributed by atoms with van der Waals surface area (Å²) in [4.78, 5) is 0.231. The summed E-state index contributed by atoms with van der Waals surface area (Å²) in [6.07, 6.45) is 0. The van der Waals surface area contributed by atoms with Gasteiger partial charge in [0.1, 0.15) is 0 Å². The number of likely N-dealkylation sites (N-methyl/N-ethyl adjacent to an activating group) is 1. The van der Waals surface area contributed by atoms with Gasteiger partial charge in [0.2, 0.25) is 10.0 Å². The molecule has 0 heterocycles. The minimum absolute atomic E-state index is 0.231. The molecule has 1 aromatic carbocycles. The predicted octanol–water partition coefficient (Wildman–Crippen LogP) is 2.10. The van der Waals surface area contributed by atoms with Crippen molar-refractivity contribution in [1.82, 2.24) is 4.31 Å². The van der Waals surface area contributed by atoms with Crippen LogP contribution in [0.25, 0.3) is 0 Å². The molecule has 0 aliphatic heterocycles. The van der Waals surface area contributed by atoms with Crippen LogP contribution < -0.4 is 5.73 Å². The van der Waals surface area contributed by atoms with Crippen molar-refractivity contribution in [2.75, 3.05) is 13.6 Å². The molecule has 1 aromatic rings. The van der Waals surface area contributed by atoms with Crippen LogP contribution in [0.2, 0.25) is 0 Å². The second kappa shape index (κ2) is 5.97. The lowest BCUT2D eigenvalue weighted by atomic mass is 10.2. The zero-order valence-electron chi connectivity index (χ0n) is 10.5. The maximum atomic E-state index is 12.4. The Bertz CT molecular complexity index is 555. The Morgan fingerprint density at radius 1 is 1.50 bits per heavy atom. The average Bonchev–Trinajstić information content (AvgIpc) is 2.28. The molecule has 0 radical (unpaired) electrons. The van der Waals surface area contributed by atoms with Crippen LogP contribution in [0.1, 0.15) is 12.5 Å². The molecular formula is C12H17BrN2O2S. The topological polar surface area (TPSA) is 63.4 Å². The van der Waals surface area contributed by atoms with Gasteiger partial charge in [0, 0.05) is 24.6 Å². The normalized spacial score (nSPS) is 11.8. The van der Waals surface area contributed by atoms with Crippen molar-refractivity contribution in [3.8, 4) is 0 Å². The Morgan fingerprint density at radius 2 is 2.11 bits per heavy atom. The first-order valence-corrected chi connectivity index (χ1v) is 7.61. The van der Waals surface area contributed by atoms with Gasteiger partial charge in [-0.25, -0.2) is 8.42 Å². The van der Waals surface area contributed by atoms with Gasteiger partial charge in [0.25, 0.3) is 0 Å². The van der Waals surface area contributed by atoms with Crippen molar-refractivity contribution in [2.45, 2.75) is 18.4 Å². The Balaban J connectivity index is 3.23. The van der Waals surface area contributed by atoms with Crippen molar-refractivity contribution in [3.63, 3.8) is 0 Å². The van der Waals surface area contributed by atoms with Gasteiger partial charge in [-0.3, -0.25) is 0 Å². The van der Waals surface area contributed by atoms with E-state index in [2.05, 4.69) is 22.5 Å². The van der Waals surface area contributed by atoms with Crippen molar-refractivity contribution in [3.05, 3.63) is 40.4 Å². The lowest BCUT2D eigenvalue weighted by molar-refractivity contribution is 0.492. The zero-order valence-corrected chi connectivity index (χ0v) is 12.9. The summed E-state index contributed by atoms with van der Waals surface area (Å²) < 4.78 is 26.6. The number of nitrogens with zero attached hydrogens (tertiary/aromatic N) is 1. The van der Waals surface area contributed by atoms with Crippen molar-refractivity contribution < 1.29 is 8.42 Å². The number of hydrogen-bond donors (Lipinski definition) is 1. The Labute approximate surface area is 117 Å². The molecule has 1 rings (SSSR count). The third-order valence-corrected chi connectivity index (χ3v) is 5.21. The van der Waals surface area contributed by atoms with E-state index in [9.17, 15) is 8.42 Å². The third kappa shape index (κ3) is 3.41. The van der Waals surface area contributed by atoms with Crippen LogP contribution in [0.15, 0.2) is 39.7 Å². The van der Waals surface area contributed by atoms with Gasteiger partial charge in [-0.15, -0.1) is 0 Å². The molecule has 0 aliphatic rings. The molecule has 6 heteroatoms. The van der Waals surface area contributed by atoms with E-state index >= 15 is 0 Å². The van der Waals surface area contributed by atoms with Crippen LogP contribution in [-0.4, -0.2) is 26.3 Å². The average molecular weight is 333 g/mol. The van der Waals surface area contributed by atoms with Gasteiger partial charge in [-0.1, -0.05) is 18.2 Å². The monoisotopic (exact) mass is 332 g/mol. The Kier molecular flexibility index (Phi) is 5.10. The standard InChI is InChI=1S/C12H17BrN2O2S/c1-9(2)8-15(3)18(16,17)12-6-10(7-14)4-5-11(12)13/h4-6H,1,7-8,14H2,2-3H3. The van der Waals surface area contributed by atoms with Gasteiger partial charge in [-0.05, 0) is 40.5 Å². The molecule has 0 atom stereocenters. The second-order valence-corrected chi connectivity index (χ2v) is 7.05. The quantitative estimate of drug-likeness (QED) is 0.840. The van der Waals surface area contributed by atoms with E-state index in [1.165, 1.54) is 11.4 Å². The highest BCUT2D eigenvalue weighted by Gasteiger charge is 2.23. The minimum Gasteiger partial charge on any atom is -0.326 e. The van der Waals surface area contributed by atoms with Crippen LogP contribution in [0, 0.1) is 0 Å². The van der Waals surface area contributed by atoms with Gasteiger partial charge < -0.3 is 5.73 Å². The van der Waals surface area contributed by atoms with Crippen LogP contribution in [0.5, 0.6) is 0 Å². The minimum atomic E-state index is -3.53. The lowest BCUT2D eigenvalue weighted by Crippen LogP contribution is -2.28. The fraction of sp³-hybridized carbons (Fsp3) is 0.333. The van der Waals surface area contributed by atoms with Gasteiger partial charge in [0.05, 0.1) is 4.90 Å². The molecule has 0 spiro atoms. The summed E-state index contributed by atoms with van der Waals surface area (Å²) in [5.74, 6) is 0. The highest BCUT2D eigenvalue weighted by Crippen LogP contribution is 2.25. The third-order valence-electron chi connectivity index (χ3n) is 2.41. The molecule has 0 bridgehead atoms. The Hall–Kier alpha value is -0.690. The van der Waals surface area contributed by atoms with E-state index in [1.54, 1.807) is 25.1 Å².